The van der Waals surface area contributed by atoms with Gasteiger partial charge in [-0.1, -0.05) is 38.8 Å². The van der Waals surface area contributed by atoms with Crippen molar-refractivity contribution in [2.75, 3.05) is 6.54 Å². The zero-order valence-electron chi connectivity index (χ0n) is 14.1. The molecule has 118 valence electrons. The zero-order chi connectivity index (χ0) is 15.2. The van der Waals surface area contributed by atoms with E-state index >= 15 is 0 Å². The molecule has 0 radical (unpaired) electrons. The summed E-state index contributed by atoms with van der Waals surface area (Å²) in [5.41, 5.74) is 1.41. The number of nitrogens with one attached hydrogen (secondary N) is 1. The lowest BCUT2D eigenvalue weighted by molar-refractivity contribution is 0.232. The molecule has 2 nitrogen and oxygen atoms in total. The highest BCUT2D eigenvalue weighted by Gasteiger charge is 2.26. The first-order valence-electron chi connectivity index (χ1n) is 8.60. The monoisotopic (exact) mass is 289 g/mol. The molecular formula is C19H31NO. The minimum atomic E-state index is 0.236. The van der Waals surface area contributed by atoms with E-state index in [-0.39, 0.29) is 6.10 Å². The summed E-state index contributed by atoms with van der Waals surface area (Å²) >= 11 is 0. The molecule has 0 aliphatic heterocycles. The maximum absolute atomic E-state index is 5.75. The lowest BCUT2D eigenvalue weighted by Crippen LogP contribution is -2.30. The van der Waals surface area contributed by atoms with E-state index in [1.54, 1.807) is 0 Å². The van der Waals surface area contributed by atoms with Crippen LogP contribution >= 0.6 is 0 Å². The summed E-state index contributed by atoms with van der Waals surface area (Å²) in [7, 11) is 0. The van der Waals surface area contributed by atoms with Crippen LogP contribution in [-0.2, 0) is 0 Å². The Bertz CT molecular complexity index is 404. The van der Waals surface area contributed by atoms with Gasteiger partial charge >= 0.3 is 0 Å². The number of ether oxygens (including phenoxy) is 1. The molecule has 1 saturated carbocycles. The second kappa shape index (κ2) is 7.84. The van der Waals surface area contributed by atoms with Crippen molar-refractivity contribution in [2.24, 2.45) is 11.8 Å². The highest BCUT2D eigenvalue weighted by atomic mass is 16.5. The molecule has 1 atom stereocenters. The van der Waals surface area contributed by atoms with Crippen molar-refractivity contribution in [3.8, 4) is 5.75 Å². The van der Waals surface area contributed by atoms with Gasteiger partial charge in [0.15, 0.2) is 0 Å². The summed E-state index contributed by atoms with van der Waals surface area (Å²) in [4.78, 5) is 0. The zero-order valence-corrected chi connectivity index (χ0v) is 14.1. The highest BCUT2D eigenvalue weighted by molar-refractivity contribution is 5.29. The Morgan fingerprint density at radius 3 is 2.24 bits per heavy atom. The Morgan fingerprint density at radius 1 is 1.10 bits per heavy atom. The molecule has 0 bridgehead atoms. The molecule has 1 N–H and O–H groups in total. The number of benzene rings is 1. The molecule has 0 spiro atoms. The SMILES string of the molecule is CCNC(c1ccc(OC(C)C)cc1)C1CCC(C)CC1. The standard InChI is InChI=1S/C19H31NO/c1-5-20-19(16-8-6-15(4)7-9-16)17-10-12-18(13-11-17)21-14(2)3/h10-16,19-20H,5-9H2,1-4H3. The molecule has 21 heavy (non-hydrogen) atoms. The fourth-order valence-corrected chi connectivity index (χ4v) is 3.42. The Balaban J connectivity index is 2.06. The highest BCUT2D eigenvalue weighted by Crippen LogP contribution is 2.37. The smallest absolute Gasteiger partial charge is 0.119 e. The van der Waals surface area contributed by atoms with Crippen molar-refractivity contribution < 1.29 is 4.74 Å². The molecule has 0 aromatic heterocycles. The van der Waals surface area contributed by atoms with Crippen LogP contribution < -0.4 is 10.1 Å². The molecule has 0 heterocycles. The molecule has 1 aromatic carbocycles. The van der Waals surface area contributed by atoms with Crippen LogP contribution in [-0.4, -0.2) is 12.6 Å². The third kappa shape index (κ3) is 4.74. The lowest BCUT2D eigenvalue weighted by Gasteiger charge is -2.33. The number of rotatable bonds is 6. The number of hydrogen-bond acceptors (Lipinski definition) is 2. The fourth-order valence-electron chi connectivity index (χ4n) is 3.42. The van der Waals surface area contributed by atoms with Crippen LogP contribution in [0.5, 0.6) is 5.75 Å². The Morgan fingerprint density at radius 2 is 1.71 bits per heavy atom. The largest absolute Gasteiger partial charge is 0.491 e. The van der Waals surface area contributed by atoms with Gasteiger partial charge in [0.25, 0.3) is 0 Å². The van der Waals surface area contributed by atoms with E-state index in [1.165, 1.54) is 31.2 Å². The summed E-state index contributed by atoms with van der Waals surface area (Å²) in [5.74, 6) is 2.66. The van der Waals surface area contributed by atoms with E-state index in [4.69, 9.17) is 4.74 Å². The first-order chi connectivity index (χ1) is 10.1. The summed E-state index contributed by atoms with van der Waals surface area (Å²) in [6.07, 6.45) is 5.69. The average molecular weight is 289 g/mol. The minimum absolute atomic E-state index is 0.236. The van der Waals surface area contributed by atoms with Crippen LogP contribution in [0, 0.1) is 11.8 Å². The summed E-state index contributed by atoms with van der Waals surface area (Å²) in [6, 6.07) is 9.21. The first-order valence-corrected chi connectivity index (χ1v) is 8.60. The topological polar surface area (TPSA) is 21.3 Å². The second-order valence-corrected chi connectivity index (χ2v) is 6.79. The lowest BCUT2D eigenvalue weighted by atomic mass is 9.77. The fraction of sp³-hybridized carbons (Fsp3) is 0.684. The maximum atomic E-state index is 5.75. The van der Waals surface area contributed by atoms with Gasteiger partial charge < -0.3 is 10.1 Å². The molecule has 0 amide bonds. The van der Waals surface area contributed by atoms with Crippen LogP contribution in [0.1, 0.15) is 65.0 Å². The van der Waals surface area contributed by atoms with Crippen LogP contribution in [0.3, 0.4) is 0 Å². The Kier molecular flexibility index (Phi) is 6.10. The molecule has 1 aliphatic rings. The van der Waals surface area contributed by atoms with E-state index in [0.717, 1.165) is 24.1 Å². The van der Waals surface area contributed by atoms with E-state index in [2.05, 4.69) is 57.3 Å². The van der Waals surface area contributed by atoms with Crippen LogP contribution in [0.4, 0.5) is 0 Å². The molecule has 1 unspecified atom stereocenters. The summed E-state index contributed by atoms with van der Waals surface area (Å²) < 4.78 is 5.75. The Labute approximate surface area is 130 Å². The van der Waals surface area contributed by atoms with Crippen molar-refractivity contribution in [3.05, 3.63) is 29.8 Å². The quantitative estimate of drug-likeness (QED) is 0.800. The predicted molar refractivity (Wildman–Crippen MR) is 89.7 cm³/mol. The maximum Gasteiger partial charge on any atom is 0.119 e. The van der Waals surface area contributed by atoms with Gasteiger partial charge in [-0.3, -0.25) is 0 Å². The van der Waals surface area contributed by atoms with Crippen molar-refractivity contribution in [1.82, 2.24) is 5.32 Å². The van der Waals surface area contributed by atoms with Crippen molar-refractivity contribution in [2.45, 2.75) is 65.5 Å². The minimum Gasteiger partial charge on any atom is -0.491 e. The molecular weight excluding hydrogens is 258 g/mol. The molecule has 2 rings (SSSR count). The molecule has 1 aromatic rings. The van der Waals surface area contributed by atoms with E-state index in [9.17, 15) is 0 Å². The van der Waals surface area contributed by atoms with Crippen LogP contribution in [0.15, 0.2) is 24.3 Å². The van der Waals surface area contributed by atoms with Gasteiger partial charge in [-0.15, -0.1) is 0 Å². The van der Waals surface area contributed by atoms with E-state index < -0.39 is 0 Å². The van der Waals surface area contributed by atoms with Gasteiger partial charge in [0.05, 0.1) is 6.10 Å². The summed E-state index contributed by atoms with van der Waals surface area (Å²) in [5, 5.41) is 3.70. The molecule has 2 heteroatoms. The third-order valence-corrected chi connectivity index (χ3v) is 4.57. The van der Waals surface area contributed by atoms with Gasteiger partial charge in [0, 0.05) is 6.04 Å². The Hall–Kier alpha value is -1.02. The normalized spacial score (nSPS) is 24.0. The van der Waals surface area contributed by atoms with Crippen molar-refractivity contribution in [3.63, 3.8) is 0 Å². The van der Waals surface area contributed by atoms with Crippen molar-refractivity contribution >= 4 is 0 Å². The van der Waals surface area contributed by atoms with Crippen LogP contribution in [0.25, 0.3) is 0 Å². The molecule has 1 fully saturated rings. The van der Waals surface area contributed by atoms with Gasteiger partial charge in [0.1, 0.15) is 5.75 Å². The van der Waals surface area contributed by atoms with E-state index in [1.807, 2.05) is 0 Å². The number of hydrogen-bond donors (Lipinski definition) is 1. The van der Waals surface area contributed by atoms with Gasteiger partial charge in [-0.2, -0.15) is 0 Å². The van der Waals surface area contributed by atoms with Gasteiger partial charge in [-0.05, 0) is 62.8 Å². The molecule has 1 aliphatic carbocycles. The van der Waals surface area contributed by atoms with Crippen LogP contribution in [0.2, 0.25) is 0 Å². The van der Waals surface area contributed by atoms with Crippen molar-refractivity contribution in [1.29, 1.82) is 0 Å². The predicted octanol–water partition coefficient (Wildman–Crippen LogP) is 4.95. The van der Waals surface area contributed by atoms with Gasteiger partial charge in [0.2, 0.25) is 0 Å². The summed E-state index contributed by atoms with van der Waals surface area (Å²) in [6.45, 7) is 9.75. The second-order valence-electron chi connectivity index (χ2n) is 6.79. The first kappa shape index (κ1) is 16.4. The average Bonchev–Trinajstić information content (AvgIpc) is 2.46. The third-order valence-electron chi connectivity index (χ3n) is 4.57. The van der Waals surface area contributed by atoms with E-state index in [0.29, 0.717) is 6.04 Å². The molecule has 0 saturated heterocycles. The van der Waals surface area contributed by atoms with Gasteiger partial charge in [-0.25, -0.2) is 0 Å².